The fraction of sp³-hybridized carbons (Fsp3) is 0.932. The van der Waals surface area contributed by atoms with Gasteiger partial charge in [0.1, 0.15) is 0 Å². The summed E-state index contributed by atoms with van der Waals surface area (Å²) < 4.78 is 0. The normalized spacial score (nSPS) is 13.0. The van der Waals surface area contributed by atoms with Crippen LogP contribution in [0.1, 0.15) is 245 Å². The average molecular weight is 678 g/mol. The summed E-state index contributed by atoms with van der Waals surface area (Å²) in [5, 5.41) is 23.1. The van der Waals surface area contributed by atoms with E-state index in [1.165, 1.54) is 186 Å². The number of nitrogens with one attached hydrogen (secondary N) is 1. The molecule has 2 atom stereocenters. The first kappa shape index (κ1) is 47.1. The second-order valence-electron chi connectivity index (χ2n) is 15.1. The molecular weight excluding hydrogens is 590 g/mol. The van der Waals surface area contributed by atoms with E-state index in [-0.39, 0.29) is 12.5 Å². The highest BCUT2D eigenvalue weighted by atomic mass is 16.3. The SMILES string of the molecule is CCCCCCCCCCCCC/C=C/CCCC[C@@H](O)[C@H](CO)NC(=O)CCCCCCCCCCCCCCCCCCCCC. The highest BCUT2D eigenvalue weighted by molar-refractivity contribution is 5.76. The highest BCUT2D eigenvalue weighted by Gasteiger charge is 2.19. The maximum Gasteiger partial charge on any atom is 0.220 e. The minimum atomic E-state index is -0.677. The number of unbranched alkanes of at least 4 members (excludes halogenated alkanes) is 31. The number of carbonyl (C=O) groups is 1. The van der Waals surface area contributed by atoms with Gasteiger partial charge >= 0.3 is 0 Å². The molecule has 0 heterocycles. The van der Waals surface area contributed by atoms with E-state index in [0.717, 1.165) is 32.1 Å². The van der Waals surface area contributed by atoms with Crippen molar-refractivity contribution >= 4 is 5.91 Å². The van der Waals surface area contributed by atoms with Gasteiger partial charge in [0, 0.05) is 6.42 Å². The van der Waals surface area contributed by atoms with Gasteiger partial charge in [-0.05, 0) is 38.5 Å². The summed E-state index contributed by atoms with van der Waals surface area (Å²) in [5.41, 5.74) is 0. The monoisotopic (exact) mass is 678 g/mol. The second kappa shape index (κ2) is 40.6. The number of hydrogen-bond donors (Lipinski definition) is 3. The third-order valence-corrected chi connectivity index (χ3v) is 10.3. The molecule has 0 bridgehead atoms. The number of carbonyl (C=O) groups excluding carboxylic acids is 1. The van der Waals surface area contributed by atoms with Crippen molar-refractivity contribution < 1.29 is 15.0 Å². The molecule has 0 unspecified atom stereocenters. The predicted octanol–water partition coefficient (Wildman–Crippen LogP) is 13.5. The van der Waals surface area contributed by atoms with Gasteiger partial charge in [0.05, 0.1) is 18.8 Å². The van der Waals surface area contributed by atoms with E-state index < -0.39 is 12.1 Å². The highest BCUT2D eigenvalue weighted by Crippen LogP contribution is 2.16. The Morgan fingerprint density at radius 3 is 1.15 bits per heavy atom. The van der Waals surface area contributed by atoms with Crippen molar-refractivity contribution in [1.82, 2.24) is 5.32 Å². The first-order valence-electron chi connectivity index (χ1n) is 21.9. The molecule has 4 heteroatoms. The lowest BCUT2D eigenvalue weighted by Crippen LogP contribution is -2.45. The third kappa shape index (κ3) is 36.4. The van der Waals surface area contributed by atoms with E-state index in [1.807, 2.05) is 0 Å². The lowest BCUT2D eigenvalue weighted by molar-refractivity contribution is -0.123. The Bertz CT molecular complexity index is 651. The van der Waals surface area contributed by atoms with Crippen molar-refractivity contribution in [2.24, 2.45) is 0 Å². The van der Waals surface area contributed by atoms with Crippen LogP contribution in [0.15, 0.2) is 12.2 Å². The Morgan fingerprint density at radius 2 is 0.792 bits per heavy atom. The number of hydrogen-bond acceptors (Lipinski definition) is 3. The van der Waals surface area contributed by atoms with Crippen molar-refractivity contribution in [3.63, 3.8) is 0 Å². The van der Waals surface area contributed by atoms with Crippen LogP contribution in [0.2, 0.25) is 0 Å². The maximum atomic E-state index is 12.4. The zero-order chi connectivity index (χ0) is 35.0. The summed E-state index contributed by atoms with van der Waals surface area (Å²) >= 11 is 0. The second-order valence-corrected chi connectivity index (χ2v) is 15.1. The molecular formula is C44H87NO3. The van der Waals surface area contributed by atoms with Crippen molar-refractivity contribution in [1.29, 1.82) is 0 Å². The van der Waals surface area contributed by atoms with Crippen LogP contribution in [0.4, 0.5) is 0 Å². The van der Waals surface area contributed by atoms with Gasteiger partial charge in [0.25, 0.3) is 0 Å². The van der Waals surface area contributed by atoms with Crippen molar-refractivity contribution in [2.75, 3.05) is 6.61 Å². The summed E-state index contributed by atoms with van der Waals surface area (Å²) in [7, 11) is 0. The summed E-state index contributed by atoms with van der Waals surface area (Å²) in [6.45, 7) is 4.36. The van der Waals surface area contributed by atoms with Gasteiger partial charge in [-0.3, -0.25) is 4.79 Å². The number of aliphatic hydroxyl groups is 2. The fourth-order valence-electron chi connectivity index (χ4n) is 6.89. The predicted molar refractivity (Wildman–Crippen MR) is 212 cm³/mol. The Balaban J connectivity index is 3.52. The molecule has 286 valence electrons. The number of amides is 1. The van der Waals surface area contributed by atoms with E-state index in [0.29, 0.717) is 12.8 Å². The fourth-order valence-corrected chi connectivity index (χ4v) is 6.89. The van der Waals surface area contributed by atoms with Crippen LogP contribution in [-0.4, -0.2) is 34.9 Å². The summed E-state index contributed by atoms with van der Waals surface area (Å²) in [6.07, 6.45) is 50.0. The van der Waals surface area contributed by atoms with E-state index in [1.54, 1.807) is 0 Å². The summed E-state index contributed by atoms with van der Waals surface area (Å²) in [4.78, 5) is 12.4. The first-order valence-corrected chi connectivity index (χ1v) is 21.9. The number of aliphatic hydroxyl groups excluding tert-OH is 2. The quantitative estimate of drug-likeness (QED) is 0.0446. The Morgan fingerprint density at radius 1 is 0.479 bits per heavy atom. The lowest BCUT2D eigenvalue weighted by atomic mass is 10.0. The van der Waals surface area contributed by atoms with Gasteiger partial charge < -0.3 is 15.5 Å². The number of allylic oxidation sites excluding steroid dienone is 2. The van der Waals surface area contributed by atoms with Crippen LogP contribution >= 0.6 is 0 Å². The minimum Gasteiger partial charge on any atom is -0.394 e. The van der Waals surface area contributed by atoms with Crippen LogP contribution in [-0.2, 0) is 4.79 Å². The smallest absolute Gasteiger partial charge is 0.220 e. The first-order chi connectivity index (χ1) is 23.7. The Kier molecular flexibility index (Phi) is 39.8. The molecule has 0 saturated heterocycles. The van der Waals surface area contributed by atoms with Gasteiger partial charge in [-0.2, -0.15) is 0 Å². The minimum absolute atomic E-state index is 0.0367. The molecule has 0 aliphatic heterocycles. The molecule has 1 amide bonds. The molecule has 0 aliphatic carbocycles. The number of rotatable bonds is 40. The summed E-state index contributed by atoms with van der Waals surface area (Å²) in [5.74, 6) is -0.0367. The van der Waals surface area contributed by atoms with Gasteiger partial charge in [0.2, 0.25) is 5.91 Å². The molecule has 0 saturated carbocycles. The standard InChI is InChI=1S/C44H87NO3/c1-3-5-7-9-11-13-15-17-19-21-22-24-26-28-30-32-34-36-38-40-44(48)45-42(41-46)43(47)39-37-35-33-31-29-27-25-23-20-18-16-14-12-10-8-6-4-2/h29,31,42-43,46-47H,3-28,30,32-41H2,1-2H3,(H,45,48)/b31-29+/t42-,43+/m0/s1. The van der Waals surface area contributed by atoms with Gasteiger partial charge in [-0.1, -0.05) is 212 Å². The molecule has 0 fully saturated rings. The van der Waals surface area contributed by atoms with Crippen molar-refractivity contribution in [3.8, 4) is 0 Å². The molecule has 3 N–H and O–H groups in total. The molecule has 0 aromatic heterocycles. The molecule has 0 aromatic rings. The zero-order valence-corrected chi connectivity index (χ0v) is 32.8. The topological polar surface area (TPSA) is 69.6 Å². The molecule has 4 nitrogen and oxygen atoms in total. The molecule has 0 aromatic carbocycles. The van der Waals surface area contributed by atoms with Crippen molar-refractivity contribution in [3.05, 3.63) is 12.2 Å². The van der Waals surface area contributed by atoms with Gasteiger partial charge in [-0.25, -0.2) is 0 Å². The van der Waals surface area contributed by atoms with Crippen LogP contribution in [0, 0.1) is 0 Å². The van der Waals surface area contributed by atoms with E-state index >= 15 is 0 Å². The third-order valence-electron chi connectivity index (χ3n) is 10.3. The lowest BCUT2D eigenvalue weighted by Gasteiger charge is -2.22. The van der Waals surface area contributed by atoms with Gasteiger partial charge in [0.15, 0.2) is 0 Å². The molecule has 0 rings (SSSR count). The van der Waals surface area contributed by atoms with Crippen LogP contribution in [0.25, 0.3) is 0 Å². The molecule has 0 aliphatic rings. The Hall–Kier alpha value is -0.870. The largest absolute Gasteiger partial charge is 0.394 e. The van der Waals surface area contributed by atoms with E-state index in [4.69, 9.17) is 0 Å². The van der Waals surface area contributed by atoms with E-state index in [2.05, 4.69) is 31.3 Å². The van der Waals surface area contributed by atoms with Crippen LogP contribution in [0.5, 0.6) is 0 Å². The molecule has 0 radical (unpaired) electrons. The maximum absolute atomic E-state index is 12.4. The van der Waals surface area contributed by atoms with E-state index in [9.17, 15) is 15.0 Å². The average Bonchev–Trinajstić information content (AvgIpc) is 3.09. The van der Waals surface area contributed by atoms with Crippen LogP contribution in [0.3, 0.4) is 0 Å². The molecule has 0 spiro atoms. The summed E-state index contributed by atoms with van der Waals surface area (Å²) in [6, 6.07) is -0.547. The van der Waals surface area contributed by atoms with Crippen LogP contribution < -0.4 is 5.32 Å². The van der Waals surface area contributed by atoms with Crippen molar-refractivity contribution in [2.45, 2.75) is 257 Å². The zero-order valence-electron chi connectivity index (χ0n) is 32.8. The van der Waals surface area contributed by atoms with Gasteiger partial charge in [-0.15, -0.1) is 0 Å². The Labute approximate surface area is 301 Å². The molecule has 48 heavy (non-hydrogen) atoms.